The van der Waals surface area contributed by atoms with Crippen molar-refractivity contribution in [3.05, 3.63) is 58.1 Å². The average Bonchev–Trinajstić information content (AvgIpc) is 2.64. The first kappa shape index (κ1) is 23.5. The number of carbonyl (C=O) groups is 2. The molecule has 2 aromatic carbocycles. The van der Waals surface area contributed by atoms with Gasteiger partial charge in [0.1, 0.15) is 11.5 Å². The smallest absolute Gasteiger partial charge is 0.337 e. The monoisotopic (exact) mass is 412 g/mol. The van der Waals surface area contributed by atoms with Crippen LogP contribution in [0.2, 0.25) is 0 Å². The van der Waals surface area contributed by atoms with Crippen LogP contribution >= 0.6 is 0 Å². The summed E-state index contributed by atoms with van der Waals surface area (Å²) in [6, 6.07) is 8.47. The van der Waals surface area contributed by atoms with Gasteiger partial charge in [0, 0.05) is 16.7 Å². The molecule has 0 bridgehead atoms. The molecule has 0 radical (unpaired) electrons. The second-order valence-electron chi connectivity index (χ2n) is 9.60. The van der Waals surface area contributed by atoms with Gasteiger partial charge >= 0.3 is 5.97 Å². The fourth-order valence-electron chi connectivity index (χ4n) is 3.17. The quantitative estimate of drug-likeness (QED) is 0.530. The second-order valence-corrected chi connectivity index (χ2v) is 9.60. The third kappa shape index (κ3) is 5.21. The van der Waals surface area contributed by atoms with Crippen LogP contribution in [0, 0.1) is 6.92 Å². The highest BCUT2D eigenvalue weighted by atomic mass is 16.5. The molecule has 0 amide bonds. The summed E-state index contributed by atoms with van der Waals surface area (Å²) in [5, 5.41) is 10.8. The van der Waals surface area contributed by atoms with E-state index in [1.54, 1.807) is 30.3 Å². The molecule has 0 unspecified atom stereocenters. The summed E-state index contributed by atoms with van der Waals surface area (Å²) in [6.45, 7) is 13.7. The van der Waals surface area contributed by atoms with Gasteiger partial charge < -0.3 is 14.6 Å². The lowest BCUT2D eigenvalue weighted by atomic mass is 9.78. The second kappa shape index (κ2) is 8.50. The Morgan fingerprint density at radius 1 is 0.900 bits per heavy atom. The van der Waals surface area contributed by atoms with Crippen molar-refractivity contribution in [3.8, 4) is 11.5 Å². The first-order valence-electron chi connectivity index (χ1n) is 9.98. The van der Waals surface area contributed by atoms with Crippen molar-refractivity contribution in [3.63, 3.8) is 0 Å². The third-order valence-electron chi connectivity index (χ3n) is 5.02. The number of esters is 1. The van der Waals surface area contributed by atoms with E-state index in [4.69, 9.17) is 9.47 Å². The highest BCUT2D eigenvalue weighted by Gasteiger charge is 2.28. The molecule has 5 heteroatoms. The van der Waals surface area contributed by atoms with Gasteiger partial charge in [-0.2, -0.15) is 0 Å². The number of ketones is 1. The fraction of sp³-hybridized carbons (Fsp3) is 0.440. The number of methoxy groups -OCH3 is 1. The molecule has 0 spiro atoms. The van der Waals surface area contributed by atoms with Gasteiger partial charge in [-0.1, -0.05) is 47.6 Å². The summed E-state index contributed by atoms with van der Waals surface area (Å²) < 4.78 is 10.5. The van der Waals surface area contributed by atoms with Gasteiger partial charge in [0.05, 0.1) is 12.7 Å². The molecule has 0 aliphatic carbocycles. The summed E-state index contributed by atoms with van der Waals surface area (Å²) in [6.07, 6.45) is 0. The molecule has 2 aromatic rings. The third-order valence-corrected chi connectivity index (χ3v) is 5.02. The SMILES string of the molecule is COC(=O)c1ccc(C)c(OCC(=O)c2cc(C(C)(C)C)c(O)c(C(C)(C)C)c2)c1. The van der Waals surface area contributed by atoms with Crippen molar-refractivity contribution in [1.29, 1.82) is 0 Å². The molecule has 0 aliphatic heterocycles. The van der Waals surface area contributed by atoms with E-state index in [1.807, 2.05) is 48.5 Å². The molecular weight excluding hydrogens is 380 g/mol. The van der Waals surface area contributed by atoms with E-state index in [9.17, 15) is 14.7 Å². The van der Waals surface area contributed by atoms with Crippen LogP contribution in [0.1, 0.15) is 78.9 Å². The maximum Gasteiger partial charge on any atom is 0.337 e. The van der Waals surface area contributed by atoms with Crippen LogP contribution < -0.4 is 4.74 Å². The number of hydrogen-bond donors (Lipinski definition) is 1. The zero-order chi connectivity index (χ0) is 22.9. The first-order valence-corrected chi connectivity index (χ1v) is 9.98. The predicted molar refractivity (Wildman–Crippen MR) is 118 cm³/mol. The van der Waals surface area contributed by atoms with Gasteiger partial charge in [0.2, 0.25) is 0 Å². The number of aryl methyl sites for hydroxylation is 1. The summed E-state index contributed by atoms with van der Waals surface area (Å²) in [5.74, 6) is 0.0226. The van der Waals surface area contributed by atoms with Gasteiger partial charge in [0.15, 0.2) is 12.4 Å². The zero-order valence-electron chi connectivity index (χ0n) is 19.2. The Labute approximate surface area is 179 Å². The molecule has 5 nitrogen and oxygen atoms in total. The van der Waals surface area contributed by atoms with E-state index < -0.39 is 5.97 Å². The zero-order valence-corrected chi connectivity index (χ0v) is 19.2. The molecule has 162 valence electrons. The van der Waals surface area contributed by atoms with Gasteiger partial charge in [-0.15, -0.1) is 0 Å². The van der Waals surface area contributed by atoms with Crippen LogP contribution in [0.3, 0.4) is 0 Å². The molecule has 0 saturated heterocycles. The Bertz CT molecular complexity index is 923. The van der Waals surface area contributed by atoms with Crippen LogP contribution in [0.4, 0.5) is 0 Å². The van der Waals surface area contributed by atoms with Crippen molar-refractivity contribution >= 4 is 11.8 Å². The fourth-order valence-corrected chi connectivity index (χ4v) is 3.17. The van der Waals surface area contributed by atoms with Crippen molar-refractivity contribution in [2.45, 2.75) is 59.3 Å². The molecule has 0 heterocycles. The Morgan fingerprint density at radius 2 is 1.43 bits per heavy atom. The molecule has 30 heavy (non-hydrogen) atoms. The highest BCUT2D eigenvalue weighted by molar-refractivity contribution is 5.98. The number of ether oxygens (including phenoxy) is 2. The Hall–Kier alpha value is -2.82. The number of phenols is 1. The number of Topliss-reactive ketones (excluding diaryl/α,β-unsaturated/α-hetero) is 1. The topological polar surface area (TPSA) is 72.8 Å². The van der Waals surface area contributed by atoms with Crippen molar-refractivity contribution in [2.75, 3.05) is 13.7 Å². The van der Waals surface area contributed by atoms with E-state index in [1.165, 1.54) is 7.11 Å². The summed E-state index contributed by atoms with van der Waals surface area (Å²) in [7, 11) is 1.32. The minimum atomic E-state index is -0.464. The summed E-state index contributed by atoms with van der Waals surface area (Å²) in [5.41, 5.74) is 2.46. The normalized spacial score (nSPS) is 11.9. The van der Waals surface area contributed by atoms with Crippen molar-refractivity contribution < 1.29 is 24.2 Å². The van der Waals surface area contributed by atoms with Crippen molar-refractivity contribution in [2.24, 2.45) is 0 Å². The predicted octanol–water partition coefficient (Wildman–Crippen LogP) is 5.34. The van der Waals surface area contributed by atoms with Crippen LogP contribution in [-0.2, 0) is 15.6 Å². The van der Waals surface area contributed by atoms with Crippen molar-refractivity contribution in [1.82, 2.24) is 0 Å². The molecule has 1 N–H and O–H groups in total. The maximum absolute atomic E-state index is 13.0. The molecule has 0 aromatic heterocycles. The Balaban J connectivity index is 2.37. The molecule has 0 fully saturated rings. The number of benzene rings is 2. The van der Waals surface area contributed by atoms with E-state index >= 15 is 0 Å². The first-order chi connectivity index (χ1) is 13.8. The van der Waals surface area contributed by atoms with Crippen LogP contribution in [0.25, 0.3) is 0 Å². The van der Waals surface area contributed by atoms with Crippen LogP contribution in [-0.4, -0.2) is 30.6 Å². The average molecular weight is 413 g/mol. The number of carbonyl (C=O) groups excluding carboxylic acids is 2. The van der Waals surface area contributed by atoms with Gasteiger partial charge in [-0.3, -0.25) is 4.79 Å². The summed E-state index contributed by atoms with van der Waals surface area (Å²) in [4.78, 5) is 24.7. The molecule has 0 atom stereocenters. The summed E-state index contributed by atoms with van der Waals surface area (Å²) >= 11 is 0. The Kier molecular flexibility index (Phi) is 6.65. The van der Waals surface area contributed by atoms with Gasteiger partial charge in [0.25, 0.3) is 0 Å². The number of aromatic hydroxyl groups is 1. The lowest BCUT2D eigenvalue weighted by Crippen LogP contribution is -2.20. The van der Waals surface area contributed by atoms with E-state index in [0.29, 0.717) is 16.9 Å². The lowest BCUT2D eigenvalue weighted by molar-refractivity contribution is 0.0600. The van der Waals surface area contributed by atoms with E-state index in [0.717, 1.165) is 16.7 Å². The molecular formula is C25H32O5. The van der Waals surface area contributed by atoms with Crippen LogP contribution in [0.5, 0.6) is 11.5 Å². The van der Waals surface area contributed by atoms with Gasteiger partial charge in [-0.25, -0.2) is 4.79 Å². The molecule has 0 aliphatic rings. The minimum Gasteiger partial charge on any atom is -0.507 e. The van der Waals surface area contributed by atoms with E-state index in [2.05, 4.69) is 0 Å². The molecule has 0 saturated carbocycles. The number of rotatable bonds is 5. The number of hydrogen-bond acceptors (Lipinski definition) is 5. The Morgan fingerprint density at radius 3 is 1.90 bits per heavy atom. The van der Waals surface area contributed by atoms with Crippen LogP contribution in [0.15, 0.2) is 30.3 Å². The largest absolute Gasteiger partial charge is 0.507 e. The minimum absolute atomic E-state index is 0.177. The standard InChI is InChI=1S/C25H32O5/c1-15-9-10-16(23(28)29-8)13-21(15)30-14-20(26)17-11-18(24(2,3)4)22(27)19(12-17)25(5,6)7/h9-13,27H,14H2,1-8H3. The van der Waals surface area contributed by atoms with Gasteiger partial charge in [-0.05, 0) is 47.6 Å². The highest BCUT2D eigenvalue weighted by Crippen LogP contribution is 2.39. The lowest BCUT2D eigenvalue weighted by Gasteiger charge is -2.28. The molecule has 2 rings (SSSR count). The maximum atomic E-state index is 13.0. The van der Waals surface area contributed by atoms with E-state index in [-0.39, 0.29) is 29.0 Å². The number of phenolic OH excluding ortho intramolecular Hbond substituents is 1.